The number of hydrogen-bond acceptors (Lipinski definition) is 9. The molecule has 23 heavy (non-hydrogen) atoms. The SMILES string of the molecule is Cc1nn([C@H]2C[C@H](O)[C@H](COS(N)(=O)=O)O2)c2ncnc(N)c12. The molecule has 0 bridgehead atoms. The first-order valence-electron chi connectivity index (χ1n) is 6.72. The molecule has 1 saturated heterocycles. The number of nitrogens with two attached hydrogens (primary N) is 2. The minimum atomic E-state index is -4.10. The van der Waals surface area contributed by atoms with Gasteiger partial charge in [0.2, 0.25) is 0 Å². The van der Waals surface area contributed by atoms with Gasteiger partial charge in [-0.2, -0.15) is 13.5 Å². The number of aliphatic hydroxyl groups excluding tert-OH is 1. The number of hydrogen-bond donors (Lipinski definition) is 3. The number of aliphatic hydroxyl groups is 1. The maximum Gasteiger partial charge on any atom is 0.333 e. The van der Waals surface area contributed by atoms with E-state index in [4.69, 9.17) is 15.6 Å². The van der Waals surface area contributed by atoms with E-state index in [-0.39, 0.29) is 13.0 Å². The van der Waals surface area contributed by atoms with Crippen molar-refractivity contribution in [2.24, 2.45) is 5.14 Å². The molecule has 11 nitrogen and oxygen atoms in total. The Bertz CT molecular complexity index is 837. The molecule has 0 amide bonds. The summed E-state index contributed by atoms with van der Waals surface area (Å²) in [5, 5.41) is 19.7. The lowest BCUT2D eigenvalue weighted by molar-refractivity contribution is -0.0412. The standard InChI is InChI=1S/C11H16N6O5S/c1-5-9-10(12)14-4-15-11(9)17(16-5)8-2-6(18)7(22-8)3-21-23(13,19)20/h4,6-8,18H,2-3H2,1H3,(H2,12,14,15)(H2,13,19,20)/t6-,7-,8+/m0/s1. The molecule has 0 saturated carbocycles. The van der Waals surface area contributed by atoms with Crippen molar-refractivity contribution in [1.82, 2.24) is 19.7 Å². The van der Waals surface area contributed by atoms with E-state index in [9.17, 15) is 13.5 Å². The van der Waals surface area contributed by atoms with Crippen molar-refractivity contribution in [2.75, 3.05) is 12.3 Å². The molecule has 0 spiro atoms. The van der Waals surface area contributed by atoms with Gasteiger partial charge >= 0.3 is 10.3 Å². The quantitative estimate of drug-likeness (QED) is 0.603. The second-order valence-corrected chi connectivity index (χ2v) is 6.42. The highest BCUT2D eigenvalue weighted by Gasteiger charge is 2.37. The van der Waals surface area contributed by atoms with Crippen LogP contribution in [0.2, 0.25) is 0 Å². The van der Waals surface area contributed by atoms with Crippen molar-refractivity contribution >= 4 is 27.2 Å². The molecule has 0 unspecified atom stereocenters. The van der Waals surface area contributed by atoms with Gasteiger partial charge in [0.15, 0.2) is 11.9 Å². The van der Waals surface area contributed by atoms with Gasteiger partial charge in [0.05, 0.1) is 23.8 Å². The molecule has 1 aliphatic rings. The summed E-state index contributed by atoms with van der Waals surface area (Å²) in [6.07, 6.45) is -0.914. The molecule has 3 heterocycles. The minimum absolute atomic E-state index is 0.193. The molecule has 1 fully saturated rings. The van der Waals surface area contributed by atoms with Crippen LogP contribution in [0, 0.1) is 6.92 Å². The summed E-state index contributed by atoms with van der Waals surface area (Å²) >= 11 is 0. The van der Waals surface area contributed by atoms with Gasteiger partial charge in [-0.1, -0.05) is 0 Å². The zero-order chi connectivity index (χ0) is 16.8. The zero-order valence-electron chi connectivity index (χ0n) is 12.2. The van der Waals surface area contributed by atoms with Gasteiger partial charge in [0, 0.05) is 6.42 Å². The minimum Gasteiger partial charge on any atom is -0.390 e. The Morgan fingerprint density at radius 1 is 1.52 bits per heavy atom. The lowest BCUT2D eigenvalue weighted by atomic mass is 10.2. The summed E-state index contributed by atoms with van der Waals surface area (Å²) in [5.41, 5.74) is 6.92. The van der Waals surface area contributed by atoms with E-state index in [1.807, 2.05) is 0 Å². The smallest absolute Gasteiger partial charge is 0.333 e. The Balaban J connectivity index is 1.85. The van der Waals surface area contributed by atoms with Crippen molar-refractivity contribution in [3.8, 4) is 0 Å². The molecule has 0 aromatic carbocycles. The van der Waals surface area contributed by atoms with Crippen LogP contribution in [-0.2, 0) is 19.2 Å². The Morgan fingerprint density at radius 3 is 2.96 bits per heavy atom. The van der Waals surface area contributed by atoms with Crippen molar-refractivity contribution < 1.29 is 22.4 Å². The maximum atomic E-state index is 10.8. The number of aromatic nitrogens is 4. The predicted molar refractivity (Wildman–Crippen MR) is 78.1 cm³/mol. The highest BCUT2D eigenvalue weighted by atomic mass is 32.2. The Hall–Kier alpha value is -1.86. The summed E-state index contributed by atoms with van der Waals surface area (Å²) in [6.45, 7) is 1.37. The molecular weight excluding hydrogens is 328 g/mol. The molecule has 126 valence electrons. The Morgan fingerprint density at radius 2 is 2.26 bits per heavy atom. The third-order valence-electron chi connectivity index (χ3n) is 3.57. The summed E-state index contributed by atoms with van der Waals surface area (Å²) in [4.78, 5) is 8.06. The van der Waals surface area contributed by atoms with Crippen LogP contribution in [-0.4, -0.2) is 52.1 Å². The molecule has 1 aliphatic heterocycles. The summed E-state index contributed by atoms with van der Waals surface area (Å²) < 4.78 is 33.2. The van der Waals surface area contributed by atoms with Crippen LogP contribution in [0.5, 0.6) is 0 Å². The van der Waals surface area contributed by atoms with Crippen LogP contribution >= 0.6 is 0 Å². The van der Waals surface area contributed by atoms with Crippen LogP contribution in [0.25, 0.3) is 11.0 Å². The largest absolute Gasteiger partial charge is 0.390 e. The van der Waals surface area contributed by atoms with Crippen molar-refractivity contribution in [1.29, 1.82) is 0 Å². The maximum absolute atomic E-state index is 10.8. The average Bonchev–Trinajstić information content (AvgIpc) is 2.98. The highest BCUT2D eigenvalue weighted by molar-refractivity contribution is 7.84. The number of fused-ring (bicyclic) bond motifs is 1. The first-order chi connectivity index (χ1) is 10.8. The van der Waals surface area contributed by atoms with Gasteiger partial charge in [-0.05, 0) is 6.92 Å². The number of rotatable bonds is 4. The van der Waals surface area contributed by atoms with E-state index in [2.05, 4.69) is 19.2 Å². The van der Waals surface area contributed by atoms with Crippen LogP contribution in [0.1, 0.15) is 18.3 Å². The lowest BCUT2D eigenvalue weighted by Crippen LogP contribution is -2.30. The van der Waals surface area contributed by atoms with Crippen molar-refractivity contribution in [2.45, 2.75) is 31.8 Å². The summed E-state index contributed by atoms with van der Waals surface area (Å²) in [7, 11) is -4.10. The Kier molecular flexibility index (Phi) is 3.93. The number of ether oxygens (including phenoxy) is 1. The zero-order valence-corrected chi connectivity index (χ0v) is 13.0. The topological polar surface area (TPSA) is 168 Å². The Labute approximate surface area is 131 Å². The van der Waals surface area contributed by atoms with Crippen molar-refractivity contribution in [3.63, 3.8) is 0 Å². The molecule has 5 N–H and O–H groups in total. The molecule has 2 aromatic heterocycles. The molecular formula is C11H16N6O5S. The summed E-state index contributed by atoms with van der Waals surface area (Å²) in [6, 6.07) is 0. The monoisotopic (exact) mass is 344 g/mol. The number of nitrogen functional groups attached to an aromatic ring is 1. The van der Waals surface area contributed by atoms with Gasteiger partial charge in [0.1, 0.15) is 18.2 Å². The fraction of sp³-hybridized carbons (Fsp3) is 0.545. The first-order valence-corrected chi connectivity index (χ1v) is 8.19. The molecule has 2 aromatic rings. The van der Waals surface area contributed by atoms with Gasteiger partial charge in [-0.3, -0.25) is 4.18 Å². The van der Waals surface area contributed by atoms with E-state index in [1.165, 1.54) is 11.0 Å². The number of nitrogens with zero attached hydrogens (tertiary/aromatic N) is 4. The van der Waals surface area contributed by atoms with Crippen LogP contribution in [0.15, 0.2) is 6.33 Å². The van der Waals surface area contributed by atoms with E-state index in [0.29, 0.717) is 22.5 Å². The van der Waals surface area contributed by atoms with E-state index >= 15 is 0 Å². The van der Waals surface area contributed by atoms with Crippen LogP contribution < -0.4 is 10.9 Å². The molecule has 3 atom stereocenters. The van der Waals surface area contributed by atoms with E-state index in [0.717, 1.165) is 0 Å². The third kappa shape index (κ3) is 3.11. The molecule has 3 rings (SSSR count). The van der Waals surface area contributed by atoms with E-state index < -0.39 is 28.7 Å². The first kappa shape index (κ1) is 16.0. The number of aryl methyl sites for hydroxylation is 1. The molecule has 12 heteroatoms. The van der Waals surface area contributed by atoms with Crippen LogP contribution in [0.3, 0.4) is 0 Å². The second-order valence-electron chi connectivity index (χ2n) is 5.20. The van der Waals surface area contributed by atoms with Gasteiger partial charge in [0.25, 0.3) is 0 Å². The number of anilines is 1. The van der Waals surface area contributed by atoms with Gasteiger partial charge < -0.3 is 15.6 Å². The fourth-order valence-electron chi connectivity index (χ4n) is 2.55. The van der Waals surface area contributed by atoms with Crippen LogP contribution in [0.4, 0.5) is 5.82 Å². The summed E-state index contributed by atoms with van der Waals surface area (Å²) in [5.74, 6) is 0.298. The third-order valence-corrected chi connectivity index (χ3v) is 4.03. The molecule has 0 radical (unpaired) electrons. The average molecular weight is 344 g/mol. The normalized spacial score (nSPS) is 25.3. The van der Waals surface area contributed by atoms with Gasteiger partial charge in [-0.25, -0.2) is 19.8 Å². The predicted octanol–water partition coefficient (Wildman–Crippen LogP) is -1.41. The van der Waals surface area contributed by atoms with Gasteiger partial charge in [-0.15, -0.1) is 0 Å². The highest BCUT2D eigenvalue weighted by Crippen LogP contribution is 2.32. The van der Waals surface area contributed by atoms with Crippen molar-refractivity contribution in [3.05, 3.63) is 12.0 Å². The lowest BCUT2D eigenvalue weighted by Gasteiger charge is -2.14. The fourth-order valence-corrected chi connectivity index (χ4v) is 2.87. The molecule has 0 aliphatic carbocycles. The second kappa shape index (κ2) is 5.65. The van der Waals surface area contributed by atoms with E-state index in [1.54, 1.807) is 6.92 Å².